The minimum atomic E-state index is -1.80. The van der Waals surface area contributed by atoms with Crippen molar-refractivity contribution in [3.05, 3.63) is 23.0 Å². The average molecular weight is 312 g/mol. The van der Waals surface area contributed by atoms with Gasteiger partial charge in [-0.05, 0) is 26.3 Å². The molecule has 0 aromatic carbocycles. The fraction of sp³-hybridized carbons (Fsp3) is 0.667. The molecule has 3 rings (SSSR count). The topological polar surface area (TPSA) is 116 Å². The van der Waals surface area contributed by atoms with E-state index in [2.05, 4.69) is 0 Å². The molecule has 3 aliphatic heterocycles. The van der Waals surface area contributed by atoms with Gasteiger partial charge >= 0.3 is 5.97 Å². The number of carbonyl (C=O) groups excluding carboxylic acids is 1. The van der Waals surface area contributed by atoms with Crippen LogP contribution in [0.2, 0.25) is 0 Å². The molecule has 3 aliphatic rings. The standard InChI is InChI=1S/C15H20O7/c1-13-3-4-15(20,22-13)14(2,19)5-9(17)11-8(7-16)12(18)21-10(11)6-13/h6,9,16-17,19-20H,3-5,7H2,1-2H3/b10-6+/t9-,13-,14+,15+/m1/s1. The maximum absolute atomic E-state index is 11.8. The molecule has 0 aliphatic carbocycles. The Hall–Kier alpha value is -1.25. The number of hydrogen-bond acceptors (Lipinski definition) is 7. The molecular weight excluding hydrogens is 292 g/mol. The number of ether oxygens (including phenoxy) is 2. The Labute approximate surface area is 127 Å². The smallest absolute Gasteiger partial charge is 0.342 e. The number of aliphatic hydroxyl groups is 4. The number of aliphatic hydroxyl groups excluding tert-OH is 2. The second-order valence-electron chi connectivity index (χ2n) is 6.64. The van der Waals surface area contributed by atoms with E-state index in [0.717, 1.165) is 0 Å². The lowest BCUT2D eigenvalue weighted by molar-refractivity contribution is -0.297. The van der Waals surface area contributed by atoms with E-state index in [1.54, 1.807) is 6.92 Å². The Morgan fingerprint density at radius 3 is 2.64 bits per heavy atom. The van der Waals surface area contributed by atoms with Crippen LogP contribution in [-0.4, -0.2) is 56.1 Å². The van der Waals surface area contributed by atoms with Crippen molar-refractivity contribution in [1.29, 1.82) is 0 Å². The Balaban J connectivity index is 2.17. The summed E-state index contributed by atoms with van der Waals surface area (Å²) in [6, 6.07) is 0. The van der Waals surface area contributed by atoms with Crippen LogP contribution in [0.3, 0.4) is 0 Å². The van der Waals surface area contributed by atoms with E-state index in [1.807, 2.05) is 0 Å². The van der Waals surface area contributed by atoms with Crippen LogP contribution < -0.4 is 0 Å². The molecule has 4 N–H and O–H groups in total. The maximum atomic E-state index is 11.8. The van der Waals surface area contributed by atoms with E-state index in [4.69, 9.17) is 9.47 Å². The summed E-state index contributed by atoms with van der Waals surface area (Å²) in [7, 11) is 0. The summed E-state index contributed by atoms with van der Waals surface area (Å²) in [5.41, 5.74) is -2.57. The SMILES string of the molecule is C[C@]12/C=C3/OC(=O)C(CO)=C3[C@H](O)C[C@](C)(O)[C@](O)(CC1)O2. The molecule has 122 valence electrons. The van der Waals surface area contributed by atoms with Gasteiger partial charge in [0.2, 0.25) is 0 Å². The monoisotopic (exact) mass is 312 g/mol. The molecule has 0 spiro atoms. The van der Waals surface area contributed by atoms with Crippen LogP contribution in [0.15, 0.2) is 23.0 Å². The molecule has 3 heterocycles. The van der Waals surface area contributed by atoms with Gasteiger partial charge in [0.05, 0.1) is 23.9 Å². The van der Waals surface area contributed by atoms with E-state index in [1.165, 1.54) is 13.0 Å². The van der Waals surface area contributed by atoms with Crippen molar-refractivity contribution in [2.24, 2.45) is 0 Å². The first-order valence-electron chi connectivity index (χ1n) is 7.23. The van der Waals surface area contributed by atoms with Gasteiger partial charge in [-0.1, -0.05) is 0 Å². The van der Waals surface area contributed by atoms with Crippen molar-refractivity contribution in [1.82, 2.24) is 0 Å². The number of hydrogen-bond donors (Lipinski definition) is 4. The molecule has 0 saturated carbocycles. The molecule has 7 nitrogen and oxygen atoms in total. The number of esters is 1. The third-order valence-corrected chi connectivity index (χ3v) is 4.76. The zero-order chi connectivity index (χ0) is 16.3. The summed E-state index contributed by atoms with van der Waals surface area (Å²) in [6.07, 6.45) is 0.592. The molecule has 7 heteroatoms. The van der Waals surface area contributed by atoms with Gasteiger partial charge in [-0.2, -0.15) is 0 Å². The van der Waals surface area contributed by atoms with Gasteiger partial charge in [-0.3, -0.25) is 0 Å². The summed E-state index contributed by atoms with van der Waals surface area (Å²) < 4.78 is 10.8. The van der Waals surface area contributed by atoms with Gasteiger partial charge in [0.1, 0.15) is 11.4 Å². The summed E-state index contributed by atoms with van der Waals surface area (Å²) in [6.45, 7) is 2.50. The summed E-state index contributed by atoms with van der Waals surface area (Å²) in [5, 5.41) is 41.0. The Kier molecular flexibility index (Phi) is 3.29. The third kappa shape index (κ3) is 2.12. The van der Waals surface area contributed by atoms with Crippen LogP contribution >= 0.6 is 0 Å². The van der Waals surface area contributed by atoms with E-state index < -0.39 is 35.7 Å². The fourth-order valence-corrected chi connectivity index (χ4v) is 3.40. The molecule has 2 bridgehead atoms. The van der Waals surface area contributed by atoms with Crippen LogP contribution in [0, 0.1) is 0 Å². The molecule has 0 aromatic heterocycles. The lowest BCUT2D eigenvalue weighted by Gasteiger charge is -2.39. The summed E-state index contributed by atoms with van der Waals surface area (Å²) >= 11 is 0. The van der Waals surface area contributed by atoms with Gasteiger partial charge in [0.15, 0.2) is 5.79 Å². The van der Waals surface area contributed by atoms with Gasteiger partial charge in [-0.15, -0.1) is 0 Å². The predicted octanol–water partition coefficient (Wildman–Crippen LogP) is -0.511. The van der Waals surface area contributed by atoms with Crippen molar-refractivity contribution in [3.63, 3.8) is 0 Å². The van der Waals surface area contributed by atoms with E-state index in [0.29, 0.717) is 6.42 Å². The first kappa shape index (κ1) is 15.6. The van der Waals surface area contributed by atoms with Gasteiger partial charge in [0, 0.05) is 18.4 Å². The molecule has 1 saturated heterocycles. The molecule has 0 aromatic rings. The van der Waals surface area contributed by atoms with Crippen molar-refractivity contribution in [2.45, 2.75) is 56.2 Å². The molecular formula is C15H20O7. The Bertz CT molecular complexity index is 591. The van der Waals surface area contributed by atoms with Crippen molar-refractivity contribution in [2.75, 3.05) is 6.61 Å². The Morgan fingerprint density at radius 1 is 1.32 bits per heavy atom. The molecule has 1 fully saturated rings. The lowest BCUT2D eigenvalue weighted by Crippen LogP contribution is -2.54. The van der Waals surface area contributed by atoms with Crippen LogP contribution in [0.1, 0.15) is 33.1 Å². The predicted molar refractivity (Wildman–Crippen MR) is 73.2 cm³/mol. The van der Waals surface area contributed by atoms with Crippen molar-refractivity contribution >= 4 is 5.97 Å². The second-order valence-corrected chi connectivity index (χ2v) is 6.64. The Morgan fingerprint density at radius 2 is 2.00 bits per heavy atom. The summed E-state index contributed by atoms with van der Waals surface area (Å²) in [5.74, 6) is -2.41. The lowest BCUT2D eigenvalue weighted by atomic mass is 9.83. The van der Waals surface area contributed by atoms with Crippen molar-refractivity contribution in [3.8, 4) is 0 Å². The van der Waals surface area contributed by atoms with Crippen molar-refractivity contribution < 1.29 is 34.7 Å². The zero-order valence-corrected chi connectivity index (χ0v) is 12.5. The first-order chi connectivity index (χ1) is 10.1. The highest BCUT2D eigenvalue weighted by Crippen LogP contribution is 2.48. The highest BCUT2D eigenvalue weighted by Gasteiger charge is 2.57. The quantitative estimate of drug-likeness (QED) is 0.482. The van der Waals surface area contributed by atoms with Crippen LogP contribution in [0.4, 0.5) is 0 Å². The first-order valence-corrected chi connectivity index (χ1v) is 7.23. The molecule has 0 radical (unpaired) electrons. The van der Waals surface area contributed by atoms with Crippen LogP contribution in [0.25, 0.3) is 0 Å². The highest BCUT2D eigenvalue weighted by atomic mass is 16.7. The fourth-order valence-electron chi connectivity index (χ4n) is 3.40. The largest absolute Gasteiger partial charge is 0.423 e. The molecule has 4 atom stereocenters. The van der Waals surface area contributed by atoms with E-state index in [-0.39, 0.29) is 29.7 Å². The third-order valence-electron chi connectivity index (χ3n) is 4.76. The maximum Gasteiger partial charge on any atom is 0.342 e. The highest BCUT2D eigenvalue weighted by molar-refractivity contribution is 5.95. The molecule has 0 amide bonds. The number of fused-ring (bicyclic) bond motifs is 3. The van der Waals surface area contributed by atoms with Crippen LogP contribution in [0.5, 0.6) is 0 Å². The second kappa shape index (κ2) is 4.62. The minimum absolute atomic E-state index is 0.0390. The van der Waals surface area contributed by atoms with Crippen LogP contribution in [-0.2, 0) is 14.3 Å². The van der Waals surface area contributed by atoms with Gasteiger partial charge < -0.3 is 29.9 Å². The number of carbonyl (C=O) groups is 1. The zero-order valence-electron chi connectivity index (χ0n) is 12.5. The van der Waals surface area contributed by atoms with E-state index >= 15 is 0 Å². The summed E-state index contributed by atoms with van der Waals surface area (Å²) in [4.78, 5) is 11.8. The molecule has 0 unspecified atom stereocenters. The normalized spacial score (nSPS) is 47.3. The van der Waals surface area contributed by atoms with Gasteiger partial charge in [-0.25, -0.2) is 4.79 Å². The number of rotatable bonds is 1. The molecule has 22 heavy (non-hydrogen) atoms. The average Bonchev–Trinajstić information content (AvgIpc) is 2.87. The van der Waals surface area contributed by atoms with E-state index in [9.17, 15) is 25.2 Å². The van der Waals surface area contributed by atoms with Gasteiger partial charge in [0.25, 0.3) is 0 Å². The minimum Gasteiger partial charge on any atom is -0.423 e.